The predicted molar refractivity (Wildman–Crippen MR) is 130 cm³/mol. The number of carbonyl (C=O) groups is 1. The molecule has 34 heavy (non-hydrogen) atoms. The third-order valence-corrected chi connectivity index (χ3v) is 7.99. The van der Waals surface area contributed by atoms with Crippen LogP contribution < -0.4 is 9.04 Å². The minimum atomic E-state index is -3.89. The molecule has 1 heterocycles. The second-order valence-electron chi connectivity index (χ2n) is 8.60. The normalized spacial score (nSPS) is 13.5. The van der Waals surface area contributed by atoms with Crippen molar-refractivity contribution in [2.45, 2.75) is 50.6 Å². The fraction of sp³-hybridized carbons (Fsp3) is 0.346. The Morgan fingerprint density at radius 1 is 1.06 bits per heavy atom. The molecule has 1 aliphatic rings. The number of hydrogen-bond donors (Lipinski definition) is 0. The number of sulfonamides is 1. The monoisotopic (exact) mass is 482 g/mol. The Morgan fingerprint density at radius 3 is 2.38 bits per heavy atom. The van der Waals surface area contributed by atoms with Crippen LogP contribution in [0.4, 0.5) is 5.69 Å². The van der Waals surface area contributed by atoms with Crippen molar-refractivity contribution in [3.8, 4) is 5.75 Å². The van der Waals surface area contributed by atoms with Gasteiger partial charge in [-0.3, -0.25) is 9.10 Å². The molecule has 0 unspecified atom stereocenters. The number of aryl methyl sites for hydroxylation is 2. The van der Waals surface area contributed by atoms with Crippen LogP contribution in [-0.4, -0.2) is 38.9 Å². The van der Waals surface area contributed by atoms with Gasteiger partial charge in [-0.05, 0) is 86.3 Å². The van der Waals surface area contributed by atoms with Crippen LogP contribution in [0, 0.1) is 13.8 Å². The number of benzene rings is 2. The summed E-state index contributed by atoms with van der Waals surface area (Å²) in [5.74, 6) is 1.25. The molecule has 0 atom stereocenters. The predicted octanol–water partition coefficient (Wildman–Crippen LogP) is 4.68. The number of furan rings is 1. The minimum absolute atomic E-state index is 0.0296. The Hall–Kier alpha value is -3.26. The molecule has 8 heteroatoms. The first kappa shape index (κ1) is 23.9. The van der Waals surface area contributed by atoms with Crippen molar-refractivity contribution in [1.29, 1.82) is 0 Å². The van der Waals surface area contributed by atoms with Crippen molar-refractivity contribution in [3.63, 3.8) is 0 Å². The summed E-state index contributed by atoms with van der Waals surface area (Å²) < 4.78 is 39.3. The van der Waals surface area contributed by atoms with Crippen LogP contribution in [0.2, 0.25) is 0 Å². The van der Waals surface area contributed by atoms with Crippen LogP contribution in [0.3, 0.4) is 0 Å². The zero-order valence-corrected chi connectivity index (χ0v) is 20.5. The number of amides is 1. The average Bonchev–Trinajstić information content (AvgIpc) is 3.54. The van der Waals surface area contributed by atoms with Crippen molar-refractivity contribution in [2.24, 2.45) is 0 Å². The summed E-state index contributed by atoms with van der Waals surface area (Å²) in [7, 11) is -2.33. The summed E-state index contributed by atoms with van der Waals surface area (Å²) in [6, 6.07) is 15.7. The Labute approximate surface area is 201 Å². The number of methoxy groups -OCH3 is 1. The Balaban J connectivity index is 1.60. The smallest absolute Gasteiger partial charge is 0.264 e. The molecule has 2 aromatic carbocycles. The summed E-state index contributed by atoms with van der Waals surface area (Å²) in [5, 5.41) is 0. The van der Waals surface area contributed by atoms with Gasteiger partial charge in [0.05, 0.1) is 30.5 Å². The molecule has 1 amide bonds. The van der Waals surface area contributed by atoms with Gasteiger partial charge in [0, 0.05) is 19.0 Å². The summed E-state index contributed by atoms with van der Waals surface area (Å²) >= 11 is 0. The fourth-order valence-electron chi connectivity index (χ4n) is 3.86. The summed E-state index contributed by atoms with van der Waals surface area (Å²) in [4.78, 5) is 15.2. The van der Waals surface area contributed by atoms with Crippen molar-refractivity contribution in [3.05, 3.63) is 77.7 Å². The third kappa shape index (κ3) is 5.28. The molecule has 1 fully saturated rings. The lowest BCUT2D eigenvalue weighted by atomic mass is 10.1. The Kier molecular flexibility index (Phi) is 6.97. The maximum Gasteiger partial charge on any atom is 0.264 e. The topological polar surface area (TPSA) is 80.1 Å². The lowest BCUT2D eigenvalue weighted by Crippen LogP contribution is -2.38. The highest BCUT2D eigenvalue weighted by molar-refractivity contribution is 7.92. The van der Waals surface area contributed by atoms with Gasteiger partial charge in [-0.1, -0.05) is 6.07 Å². The second-order valence-corrected chi connectivity index (χ2v) is 10.5. The highest BCUT2D eigenvalue weighted by Crippen LogP contribution is 2.31. The van der Waals surface area contributed by atoms with E-state index in [4.69, 9.17) is 9.15 Å². The van der Waals surface area contributed by atoms with E-state index in [1.165, 1.54) is 4.31 Å². The van der Waals surface area contributed by atoms with Gasteiger partial charge in [-0.25, -0.2) is 8.42 Å². The van der Waals surface area contributed by atoms with Crippen LogP contribution in [-0.2, 0) is 21.4 Å². The van der Waals surface area contributed by atoms with Crippen molar-refractivity contribution in [1.82, 2.24) is 4.90 Å². The molecule has 4 rings (SSSR count). The van der Waals surface area contributed by atoms with Crippen LogP contribution in [0.5, 0.6) is 5.75 Å². The number of hydrogen-bond acceptors (Lipinski definition) is 5. The summed E-state index contributed by atoms with van der Waals surface area (Å²) in [5.41, 5.74) is 2.39. The maximum absolute atomic E-state index is 13.7. The van der Waals surface area contributed by atoms with Gasteiger partial charge < -0.3 is 14.1 Å². The van der Waals surface area contributed by atoms with Gasteiger partial charge in [-0.2, -0.15) is 0 Å². The largest absolute Gasteiger partial charge is 0.497 e. The maximum atomic E-state index is 13.7. The van der Waals surface area contributed by atoms with Crippen molar-refractivity contribution in [2.75, 3.05) is 18.0 Å². The molecule has 180 valence electrons. The van der Waals surface area contributed by atoms with Crippen LogP contribution in [0.25, 0.3) is 0 Å². The van der Waals surface area contributed by atoms with Gasteiger partial charge in [0.2, 0.25) is 5.91 Å². The van der Waals surface area contributed by atoms with E-state index in [1.807, 2.05) is 19.9 Å². The van der Waals surface area contributed by atoms with Gasteiger partial charge in [0.1, 0.15) is 11.5 Å². The molecular weight excluding hydrogens is 452 g/mol. The number of anilines is 1. The molecule has 0 N–H and O–H groups in total. The van der Waals surface area contributed by atoms with E-state index in [0.29, 0.717) is 18.0 Å². The lowest BCUT2D eigenvalue weighted by molar-refractivity contribution is -0.132. The Bertz CT molecular complexity index is 1230. The molecule has 0 spiro atoms. The summed E-state index contributed by atoms with van der Waals surface area (Å²) in [6.45, 7) is 4.25. The van der Waals surface area contributed by atoms with Crippen molar-refractivity contribution >= 4 is 21.6 Å². The van der Waals surface area contributed by atoms with Crippen LogP contribution in [0.1, 0.15) is 36.1 Å². The number of rotatable bonds is 10. The van der Waals surface area contributed by atoms with E-state index in [-0.39, 0.29) is 29.8 Å². The quantitative estimate of drug-likeness (QED) is 0.419. The van der Waals surface area contributed by atoms with E-state index in [1.54, 1.807) is 66.8 Å². The first-order valence-corrected chi connectivity index (χ1v) is 12.8. The molecule has 0 aliphatic heterocycles. The molecule has 7 nitrogen and oxygen atoms in total. The SMILES string of the molecule is COc1ccc(N(CCC(=O)N(Cc2ccco2)C2CC2)S(=O)(=O)c2ccc(C)c(C)c2)cc1. The Morgan fingerprint density at radius 2 is 1.79 bits per heavy atom. The number of carbonyl (C=O) groups excluding carboxylic acids is 1. The highest BCUT2D eigenvalue weighted by Gasteiger charge is 2.34. The van der Waals surface area contributed by atoms with Crippen molar-refractivity contribution < 1.29 is 22.4 Å². The van der Waals surface area contributed by atoms with E-state index < -0.39 is 10.0 Å². The number of nitrogens with zero attached hydrogens (tertiary/aromatic N) is 2. The zero-order valence-electron chi connectivity index (χ0n) is 19.7. The second kappa shape index (κ2) is 9.93. The molecule has 0 radical (unpaired) electrons. The zero-order chi connectivity index (χ0) is 24.3. The first-order valence-electron chi connectivity index (χ1n) is 11.4. The van der Waals surface area contributed by atoms with Crippen LogP contribution in [0.15, 0.2) is 70.2 Å². The standard InChI is InChI=1S/C26H30N2O5S/c1-19-6-13-25(17-20(19)2)34(30,31)28(22-9-11-23(32-3)12-10-22)15-14-26(29)27(21-7-8-21)18-24-5-4-16-33-24/h4-6,9-13,16-17,21H,7-8,14-15,18H2,1-3H3. The van der Waals surface area contributed by atoms with E-state index in [2.05, 4.69) is 0 Å². The first-order chi connectivity index (χ1) is 16.3. The highest BCUT2D eigenvalue weighted by atomic mass is 32.2. The van der Waals surface area contributed by atoms with Gasteiger partial charge in [-0.15, -0.1) is 0 Å². The number of ether oxygens (including phenoxy) is 1. The fourth-order valence-corrected chi connectivity index (χ4v) is 5.41. The minimum Gasteiger partial charge on any atom is -0.497 e. The molecule has 1 saturated carbocycles. The third-order valence-electron chi connectivity index (χ3n) is 6.17. The lowest BCUT2D eigenvalue weighted by Gasteiger charge is -2.27. The molecule has 1 aromatic heterocycles. The van der Waals surface area contributed by atoms with E-state index >= 15 is 0 Å². The van der Waals surface area contributed by atoms with Gasteiger partial charge in [0.15, 0.2) is 0 Å². The average molecular weight is 483 g/mol. The van der Waals surface area contributed by atoms with Gasteiger partial charge in [0.25, 0.3) is 10.0 Å². The molecule has 3 aromatic rings. The molecule has 0 saturated heterocycles. The molecular formula is C26H30N2O5S. The van der Waals surface area contributed by atoms with Gasteiger partial charge >= 0.3 is 0 Å². The van der Waals surface area contributed by atoms with E-state index in [9.17, 15) is 13.2 Å². The molecule has 1 aliphatic carbocycles. The molecule has 0 bridgehead atoms. The summed E-state index contributed by atoms with van der Waals surface area (Å²) in [6.07, 6.45) is 3.56. The van der Waals surface area contributed by atoms with Crippen LogP contribution >= 0.6 is 0 Å². The van der Waals surface area contributed by atoms with E-state index in [0.717, 1.165) is 29.7 Å².